The minimum absolute atomic E-state index is 0.0395. The van der Waals surface area contributed by atoms with E-state index in [2.05, 4.69) is 4.99 Å². The molecule has 28 heavy (non-hydrogen) atoms. The van der Waals surface area contributed by atoms with Crippen molar-refractivity contribution in [3.63, 3.8) is 0 Å². The zero-order chi connectivity index (χ0) is 20.3. The normalized spacial score (nSPS) is 11.7. The van der Waals surface area contributed by atoms with Crippen molar-refractivity contribution in [2.24, 2.45) is 4.99 Å². The Bertz CT molecular complexity index is 1150. The maximum absolute atomic E-state index is 12.6. The van der Waals surface area contributed by atoms with Crippen molar-refractivity contribution in [2.45, 2.75) is 6.54 Å². The van der Waals surface area contributed by atoms with Gasteiger partial charge in [0, 0.05) is 42.1 Å². The van der Waals surface area contributed by atoms with Crippen LogP contribution >= 0.6 is 23.1 Å². The smallest absolute Gasteiger partial charge is 0.279 e. The number of carbonyl (C=O) groups excluding carboxylic acids is 1. The van der Waals surface area contributed by atoms with Crippen LogP contribution in [0.25, 0.3) is 10.2 Å². The average Bonchev–Trinajstić information content (AvgIpc) is 3.02. The van der Waals surface area contributed by atoms with Gasteiger partial charge in [-0.2, -0.15) is 16.8 Å². The van der Waals surface area contributed by atoms with Crippen LogP contribution in [-0.2, 0) is 6.54 Å². The van der Waals surface area contributed by atoms with Gasteiger partial charge in [0.2, 0.25) is 0 Å². The van der Waals surface area contributed by atoms with Crippen molar-refractivity contribution < 1.29 is 14.6 Å². The number of hydrogen-bond donors (Lipinski definition) is 0. The van der Waals surface area contributed by atoms with Crippen molar-refractivity contribution in [1.82, 2.24) is 4.57 Å². The number of non-ortho nitro benzene ring substituents is 2. The van der Waals surface area contributed by atoms with Gasteiger partial charge < -0.3 is 4.57 Å². The summed E-state index contributed by atoms with van der Waals surface area (Å²) in [4.78, 5) is 38.0. The molecule has 3 aromatic rings. The number of amides is 1. The van der Waals surface area contributed by atoms with Gasteiger partial charge in [0.05, 0.1) is 20.1 Å². The van der Waals surface area contributed by atoms with E-state index in [-0.39, 0.29) is 16.9 Å². The summed E-state index contributed by atoms with van der Waals surface area (Å²) in [7, 11) is 0. The van der Waals surface area contributed by atoms with Gasteiger partial charge in [-0.15, -0.1) is 0 Å². The van der Waals surface area contributed by atoms with Crippen molar-refractivity contribution in [1.29, 1.82) is 0 Å². The van der Waals surface area contributed by atoms with Crippen molar-refractivity contribution >= 4 is 50.6 Å². The lowest BCUT2D eigenvalue weighted by Gasteiger charge is -2.03. The zero-order valence-electron chi connectivity index (χ0n) is 14.6. The maximum Gasteiger partial charge on any atom is 0.279 e. The quantitative estimate of drug-likeness (QED) is 0.445. The molecule has 3 rings (SSSR count). The van der Waals surface area contributed by atoms with E-state index in [1.54, 1.807) is 17.8 Å². The Morgan fingerprint density at radius 3 is 2.54 bits per heavy atom. The summed E-state index contributed by atoms with van der Waals surface area (Å²) in [6.07, 6.45) is 1.95. The third-order valence-electron chi connectivity index (χ3n) is 3.90. The molecule has 11 heteroatoms. The van der Waals surface area contributed by atoms with E-state index in [0.29, 0.717) is 16.0 Å². The van der Waals surface area contributed by atoms with Crippen LogP contribution in [0.4, 0.5) is 11.4 Å². The van der Waals surface area contributed by atoms with Gasteiger partial charge in [-0.05, 0) is 18.4 Å². The van der Waals surface area contributed by atoms with E-state index < -0.39 is 15.8 Å². The lowest BCUT2D eigenvalue weighted by Crippen LogP contribution is -2.18. The molecule has 0 radical (unpaired) electrons. The SMILES string of the molecule is CSCCn1c(=NC(=O)c2cccc([N+](=O)[O-])c2)sc2cc([N+](=O)[O-])ccc21. The third-order valence-corrected chi connectivity index (χ3v) is 5.53. The molecule has 0 aliphatic heterocycles. The topological polar surface area (TPSA) is 121 Å². The Balaban J connectivity index is 2.11. The molecule has 0 spiro atoms. The molecule has 0 aliphatic carbocycles. The van der Waals surface area contributed by atoms with Crippen LogP contribution in [-0.4, -0.2) is 32.3 Å². The number of nitro benzene ring substituents is 2. The van der Waals surface area contributed by atoms with Crippen molar-refractivity contribution in [2.75, 3.05) is 12.0 Å². The second-order valence-corrected chi connectivity index (χ2v) is 7.66. The number of thioether (sulfide) groups is 1. The first kappa shape index (κ1) is 19.7. The zero-order valence-corrected chi connectivity index (χ0v) is 16.2. The van der Waals surface area contributed by atoms with E-state index in [1.807, 2.05) is 10.8 Å². The molecule has 1 amide bonds. The highest BCUT2D eigenvalue weighted by molar-refractivity contribution is 7.98. The molecule has 0 saturated heterocycles. The van der Waals surface area contributed by atoms with E-state index in [4.69, 9.17) is 0 Å². The number of thiazole rings is 1. The number of carbonyl (C=O) groups is 1. The molecule has 0 unspecified atom stereocenters. The monoisotopic (exact) mass is 418 g/mol. The first-order valence-corrected chi connectivity index (χ1v) is 10.2. The summed E-state index contributed by atoms with van der Waals surface area (Å²) < 4.78 is 2.47. The molecule has 0 saturated carbocycles. The van der Waals surface area contributed by atoms with E-state index >= 15 is 0 Å². The summed E-state index contributed by atoms with van der Waals surface area (Å²) in [6.45, 7) is 0.569. The second-order valence-electron chi connectivity index (χ2n) is 5.66. The summed E-state index contributed by atoms with van der Waals surface area (Å²) in [5, 5.41) is 21.9. The minimum Gasteiger partial charge on any atom is -0.315 e. The highest BCUT2D eigenvalue weighted by Gasteiger charge is 2.14. The highest BCUT2D eigenvalue weighted by Crippen LogP contribution is 2.23. The van der Waals surface area contributed by atoms with Gasteiger partial charge >= 0.3 is 0 Å². The lowest BCUT2D eigenvalue weighted by molar-refractivity contribution is -0.385. The molecular weight excluding hydrogens is 404 g/mol. The highest BCUT2D eigenvalue weighted by atomic mass is 32.2. The minimum atomic E-state index is -0.609. The van der Waals surface area contributed by atoms with Crippen LogP contribution in [0, 0.1) is 20.2 Å². The largest absolute Gasteiger partial charge is 0.315 e. The van der Waals surface area contributed by atoms with Gasteiger partial charge in [0.25, 0.3) is 17.3 Å². The fourth-order valence-corrected chi connectivity index (χ4v) is 4.02. The Kier molecular flexibility index (Phi) is 5.85. The maximum atomic E-state index is 12.6. The Hall–Kier alpha value is -3.05. The Morgan fingerprint density at radius 2 is 1.86 bits per heavy atom. The van der Waals surface area contributed by atoms with Crippen LogP contribution in [0.5, 0.6) is 0 Å². The molecule has 1 aromatic heterocycles. The molecule has 144 valence electrons. The lowest BCUT2D eigenvalue weighted by atomic mass is 10.2. The fourth-order valence-electron chi connectivity index (χ4n) is 2.56. The number of nitro groups is 2. The van der Waals surface area contributed by atoms with Gasteiger partial charge in [0.15, 0.2) is 4.80 Å². The molecule has 2 aromatic carbocycles. The fraction of sp³-hybridized carbons (Fsp3) is 0.176. The summed E-state index contributed by atoms with van der Waals surface area (Å²) in [5.41, 5.74) is 0.620. The molecule has 9 nitrogen and oxygen atoms in total. The molecule has 0 bridgehead atoms. The van der Waals surface area contributed by atoms with Gasteiger partial charge in [-0.3, -0.25) is 25.0 Å². The molecular formula is C17H14N4O5S2. The van der Waals surface area contributed by atoms with E-state index in [0.717, 1.165) is 11.3 Å². The van der Waals surface area contributed by atoms with E-state index in [1.165, 1.54) is 47.7 Å². The number of benzene rings is 2. The Labute approximate surface area is 166 Å². The molecule has 0 aliphatic rings. The molecule has 0 N–H and O–H groups in total. The van der Waals surface area contributed by atoms with E-state index in [9.17, 15) is 25.0 Å². The summed E-state index contributed by atoms with van der Waals surface area (Å²) in [5.74, 6) is 0.156. The standard InChI is InChI=1S/C17H14N4O5S2/c1-27-8-7-19-14-6-5-13(21(25)26)10-15(14)28-17(19)18-16(22)11-3-2-4-12(9-11)20(23)24/h2-6,9-10H,7-8H2,1H3. The third kappa shape index (κ3) is 4.10. The number of fused-ring (bicyclic) bond motifs is 1. The van der Waals surface area contributed by atoms with Gasteiger partial charge in [0.1, 0.15) is 0 Å². The van der Waals surface area contributed by atoms with Crippen LogP contribution < -0.4 is 4.80 Å². The number of aromatic nitrogens is 1. The first-order valence-electron chi connectivity index (χ1n) is 8.01. The number of nitrogens with zero attached hydrogens (tertiary/aromatic N) is 4. The van der Waals surface area contributed by atoms with Gasteiger partial charge in [-0.1, -0.05) is 17.4 Å². The predicted octanol–water partition coefficient (Wildman–Crippen LogP) is 3.62. The van der Waals surface area contributed by atoms with Crippen molar-refractivity contribution in [3.05, 3.63) is 73.1 Å². The summed E-state index contributed by atoms with van der Waals surface area (Å²) >= 11 is 2.79. The summed E-state index contributed by atoms with van der Waals surface area (Å²) in [6, 6.07) is 9.87. The Morgan fingerprint density at radius 1 is 1.14 bits per heavy atom. The van der Waals surface area contributed by atoms with Crippen LogP contribution in [0.15, 0.2) is 47.5 Å². The van der Waals surface area contributed by atoms with Crippen molar-refractivity contribution in [3.8, 4) is 0 Å². The van der Waals surface area contributed by atoms with Gasteiger partial charge in [-0.25, -0.2) is 0 Å². The number of hydrogen-bond acceptors (Lipinski definition) is 7. The first-order chi connectivity index (χ1) is 13.4. The molecule has 0 atom stereocenters. The van der Waals surface area contributed by atoms with Crippen LogP contribution in [0.3, 0.4) is 0 Å². The number of aryl methyl sites for hydroxylation is 1. The van der Waals surface area contributed by atoms with Crippen LogP contribution in [0.1, 0.15) is 10.4 Å². The van der Waals surface area contributed by atoms with Crippen LogP contribution in [0.2, 0.25) is 0 Å². The second kappa shape index (κ2) is 8.31. The number of rotatable bonds is 6. The average molecular weight is 418 g/mol. The molecule has 1 heterocycles. The predicted molar refractivity (Wildman–Crippen MR) is 108 cm³/mol. The molecule has 0 fully saturated rings.